The van der Waals surface area contributed by atoms with E-state index in [1.165, 1.54) is 16.4 Å². The number of amides is 1. The number of primary amides is 1. The minimum absolute atomic E-state index is 0.0128. The lowest BCUT2D eigenvalue weighted by atomic mass is 10.2. The third-order valence-corrected chi connectivity index (χ3v) is 6.07. The van der Waals surface area contributed by atoms with Crippen LogP contribution in [0, 0.1) is 0 Å². The van der Waals surface area contributed by atoms with Gasteiger partial charge in [-0.3, -0.25) is 4.79 Å². The molecule has 4 N–H and O–H groups in total. The summed E-state index contributed by atoms with van der Waals surface area (Å²) in [4.78, 5) is 11.3. The van der Waals surface area contributed by atoms with Crippen molar-refractivity contribution in [3.63, 3.8) is 0 Å². The highest BCUT2D eigenvalue weighted by atomic mass is 79.9. The van der Waals surface area contributed by atoms with Gasteiger partial charge in [-0.25, -0.2) is 8.42 Å². The maximum atomic E-state index is 12.8. The van der Waals surface area contributed by atoms with E-state index in [9.17, 15) is 13.2 Å². The van der Waals surface area contributed by atoms with Crippen LogP contribution in [0.1, 0.15) is 25.7 Å². The number of anilines is 1. The highest BCUT2D eigenvalue weighted by molar-refractivity contribution is 9.10. The van der Waals surface area contributed by atoms with Crippen molar-refractivity contribution in [2.75, 3.05) is 12.3 Å². The number of carbonyl (C=O) groups is 1. The van der Waals surface area contributed by atoms with Crippen molar-refractivity contribution in [2.24, 2.45) is 5.73 Å². The summed E-state index contributed by atoms with van der Waals surface area (Å²) in [6.45, 7) is -0.317. The fourth-order valence-corrected chi connectivity index (χ4v) is 4.77. The number of sulfonamides is 1. The molecule has 0 radical (unpaired) electrons. The van der Waals surface area contributed by atoms with E-state index < -0.39 is 15.9 Å². The molecule has 2 rings (SSSR count). The Morgan fingerprint density at radius 1 is 1.33 bits per heavy atom. The second kappa shape index (κ2) is 6.33. The van der Waals surface area contributed by atoms with Gasteiger partial charge in [-0.15, -0.1) is 0 Å². The molecule has 6 nitrogen and oxygen atoms in total. The van der Waals surface area contributed by atoms with E-state index in [-0.39, 0.29) is 23.2 Å². The molecule has 0 unspecified atom stereocenters. The van der Waals surface area contributed by atoms with Gasteiger partial charge in [0.1, 0.15) is 4.90 Å². The van der Waals surface area contributed by atoms with Gasteiger partial charge in [0.25, 0.3) is 0 Å². The quantitative estimate of drug-likeness (QED) is 0.759. The highest BCUT2D eigenvalue weighted by Gasteiger charge is 2.35. The fourth-order valence-electron chi connectivity index (χ4n) is 2.64. The highest BCUT2D eigenvalue weighted by Crippen LogP contribution is 2.31. The minimum Gasteiger partial charge on any atom is -0.398 e. The first-order valence-corrected chi connectivity index (χ1v) is 8.91. The predicted molar refractivity (Wildman–Crippen MR) is 83.9 cm³/mol. The zero-order valence-electron chi connectivity index (χ0n) is 11.5. The summed E-state index contributed by atoms with van der Waals surface area (Å²) in [5.41, 5.74) is 11.2. The molecule has 0 aromatic heterocycles. The van der Waals surface area contributed by atoms with Gasteiger partial charge in [-0.2, -0.15) is 4.31 Å². The Morgan fingerprint density at radius 2 is 1.95 bits per heavy atom. The summed E-state index contributed by atoms with van der Waals surface area (Å²) < 4.78 is 27.5. The van der Waals surface area contributed by atoms with Crippen molar-refractivity contribution in [1.82, 2.24) is 4.31 Å². The van der Waals surface area contributed by atoms with E-state index in [1.807, 2.05) is 0 Å². The summed E-state index contributed by atoms with van der Waals surface area (Å²) in [7, 11) is -3.84. The van der Waals surface area contributed by atoms with Crippen LogP contribution in [0.5, 0.6) is 0 Å². The van der Waals surface area contributed by atoms with E-state index in [4.69, 9.17) is 11.5 Å². The molecule has 8 heteroatoms. The van der Waals surface area contributed by atoms with Crippen molar-refractivity contribution >= 4 is 37.5 Å². The lowest BCUT2D eigenvalue weighted by molar-refractivity contribution is -0.118. The summed E-state index contributed by atoms with van der Waals surface area (Å²) >= 11 is 3.24. The van der Waals surface area contributed by atoms with Gasteiger partial charge in [0, 0.05) is 10.5 Å². The van der Waals surface area contributed by atoms with Gasteiger partial charge >= 0.3 is 0 Å². The second-order valence-electron chi connectivity index (χ2n) is 5.14. The average molecular weight is 376 g/mol. The van der Waals surface area contributed by atoms with E-state index in [1.54, 1.807) is 6.07 Å². The van der Waals surface area contributed by atoms with Crippen LogP contribution in [-0.2, 0) is 14.8 Å². The first-order chi connectivity index (χ1) is 9.82. The van der Waals surface area contributed by atoms with Gasteiger partial charge in [0.2, 0.25) is 15.9 Å². The topological polar surface area (TPSA) is 106 Å². The lowest BCUT2D eigenvalue weighted by Crippen LogP contribution is -2.44. The van der Waals surface area contributed by atoms with Gasteiger partial charge < -0.3 is 11.5 Å². The van der Waals surface area contributed by atoms with Crippen LogP contribution >= 0.6 is 15.9 Å². The summed E-state index contributed by atoms with van der Waals surface area (Å²) in [6, 6.07) is 4.40. The number of nitrogens with two attached hydrogens (primary N) is 2. The van der Waals surface area contributed by atoms with Crippen LogP contribution in [0.25, 0.3) is 0 Å². The van der Waals surface area contributed by atoms with E-state index in [0.29, 0.717) is 4.47 Å². The lowest BCUT2D eigenvalue weighted by Gasteiger charge is -2.27. The Kier molecular flexibility index (Phi) is 4.90. The largest absolute Gasteiger partial charge is 0.398 e. The molecule has 1 aliphatic carbocycles. The summed E-state index contributed by atoms with van der Waals surface area (Å²) in [5, 5.41) is 0. The first kappa shape index (κ1) is 16.3. The van der Waals surface area contributed by atoms with Gasteiger partial charge in [0.05, 0.1) is 12.2 Å². The van der Waals surface area contributed by atoms with Gasteiger partial charge in [0.15, 0.2) is 0 Å². The molecule has 0 bridgehead atoms. The van der Waals surface area contributed by atoms with E-state index in [2.05, 4.69) is 15.9 Å². The molecule has 0 saturated heterocycles. The van der Waals surface area contributed by atoms with Crippen LogP contribution < -0.4 is 11.5 Å². The molecule has 21 heavy (non-hydrogen) atoms. The zero-order valence-corrected chi connectivity index (χ0v) is 13.9. The first-order valence-electron chi connectivity index (χ1n) is 6.67. The van der Waals surface area contributed by atoms with Crippen molar-refractivity contribution in [3.05, 3.63) is 22.7 Å². The number of halogens is 1. The average Bonchev–Trinajstić information content (AvgIpc) is 2.88. The van der Waals surface area contributed by atoms with Crippen molar-refractivity contribution in [3.8, 4) is 0 Å². The van der Waals surface area contributed by atoms with Gasteiger partial charge in [-0.05, 0) is 31.0 Å². The molecule has 0 spiro atoms. The molecule has 0 heterocycles. The normalized spacial score (nSPS) is 16.5. The molecular formula is C13H18BrN3O3S. The molecule has 1 fully saturated rings. The molecule has 0 aliphatic heterocycles. The number of rotatable bonds is 5. The fraction of sp³-hybridized carbons (Fsp3) is 0.462. The summed E-state index contributed by atoms with van der Waals surface area (Å²) in [5.74, 6) is -0.666. The number of nitrogen functional groups attached to an aromatic ring is 1. The molecule has 1 amide bonds. The van der Waals surface area contributed by atoms with Crippen LogP contribution in [0.2, 0.25) is 0 Å². The third kappa shape index (κ3) is 3.56. The van der Waals surface area contributed by atoms with Gasteiger partial charge in [-0.1, -0.05) is 28.8 Å². The van der Waals surface area contributed by atoms with Crippen LogP contribution in [0.4, 0.5) is 5.69 Å². The van der Waals surface area contributed by atoms with Crippen molar-refractivity contribution in [1.29, 1.82) is 0 Å². The molecule has 116 valence electrons. The Hall–Kier alpha value is -1.12. The molecule has 1 aliphatic rings. The zero-order chi connectivity index (χ0) is 15.6. The summed E-state index contributed by atoms with van der Waals surface area (Å²) in [6.07, 6.45) is 3.38. The molecule has 1 saturated carbocycles. The number of carbonyl (C=O) groups excluding carboxylic acids is 1. The maximum absolute atomic E-state index is 12.8. The smallest absolute Gasteiger partial charge is 0.245 e. The van der Waals surface area contributed by atoms with E-state index in [0.717, 1.165) is 25.7 Å². The number of benzene rings is 1. The van der Waals surface area contributed by atoms with Crippen LogP contribution in [-0.4, -0.2) is 31.2 Å². The predicted octanol–water partition coefficient (Wildman–Crippen LogP) is 1.45. The Morgan fingerprint density at radius 3 is 2.48 bits per heavy atom. The molecule has 0 atom stereocenters. The minimum atomic E-state index is -3.84. The molecule has 1 aromatic carbocycles. The monoisotopic (exact) mass is 375 g/mol. The molecule has 1 aromatic rings. The van der Waals surface area contributed by atoms with Crippen LogP contribution in [0.15, 0.2) is 27.6 Å². The van der Waals surface area contributed by atoms with Crippen molar-refractivity contribution in [2.45, 2.75) is 36.6 Å². The van der Waals surface area contributed by atoms with Crippen LogP contribution in [0.3, 0.4) is 0 Å². The SMILES string of the molecule is NC(=O)CN(C1CCCC1)S(=O)(=O)c1ccc(Br)cc1N. The Balaban J connectivity index is 2.43. The molecular weight excluding hydrogens is 358 g/mol. The Bertz CT molecular complexity index is 642. The van der Waals surface area contributed by atoms with E-state index >= 15 is 0 Å². The maximum Gasteiger partial charge on any atom is 0.245 e. The standard InChI is InChI=1S/C13H18BrN3O3S/c14-9-5-6-12(11(15)7-9)21(19,20)17(8-13(16)18)10-3-1-2-4-10/h5-7,10H,1-4,8,15H2,(H2,16,18). The Labute approximate surface area is 132 Å². The second-order valence-corrected chi connectivity index (χ2v) is 7.91. The van der Waals surface area contributed by atoms with Crippen molar-refractivity contribution < 1.29 is 13.2 Å². The number of hydrogen-bond acceptors (Lipinski definition) is 4. The number of nitrogens with zero attached hydrogens (tertiary/aromatic N) is 1. The third-order valence-electron chi connectivity index (χ3n) is 3.60. The number of hydrogen-bond donors (Lipinski definition) is 2.